The molecule has 1 atom stereocenters. The normalized spacial score (nSPS) is 15.1. The fourth-order valence-corrected chi connectivity index (χ4v) is 0.331. The van der Waals surface area contributed by atoms with Gasteiger partial charge in [-0.1, -0.05) is 20.8 Å². The molecule has 0 bridgehead atoms. The maximum atomic E-state index is 10.3. The van der Waals surface area contributed by atoms with Crippen molar-refractivity contribution in [2.45, 2.75) is 33.7 Å². The van der Waals surface area contributed by atoms with E-state index in [1.807, 2.05) is 20.8 Å². The monoisotopic (exact) mass is 132 g/mol. The van der Waals surface area contributed by atoms with Crippen LogP contribution >= 0.6 is 0 Å². The van der Waals surface area contributed by atoms with Gasteiger partial charge in [0.15, 0.2) is 0 Å². The Labute approximate surface area is 55.2 Å². The molecule has 0 aromatic rings. The summed E-state index contributed by atoms with van der Waals surface area (Å²) in [4.78, 5) is 10.3. The Morgan fingerprint density at radius 2 is 1.78 bits per heavy atom. The van der Waals surface area contributed by atoms with Gasteiger partial charge in [-0.15, -0.1) is 0 Å². The Morgan fingerprint density at radius 3 is 1.78 bits per heavy atom. The van der Waals surface area contributed by atoms with Gasteiger partial charge in [-0.25, -0.2) is 5.21 Å². The van der Waals surface area contributed by atoms with Crippen LogP contribution in [0.5, 0.6) is 0 Å². The third kappa shape index (κ3) is 2.44. The van der Waals surface area contributed by atoms with Gasteiger partial charge in [0.05, 0.1) is 4.91 Å². The molecule has 0 aromatic carbocycles. The van der Waals surface area contributed by atoms with Gasteiger partial charge in [0.25, 0.3) is 6.04 Å². The van der Waals surface area contributed by atoms with Crippen LogP contribution in [0.4, 0.5) is 0 Å². The van der Waals surface area contributed by atoms with E-state index in [-0.39, 0.29) is 16.4 Å². The summed E-state index contributed by atoms with van der Waals surface area (Å²) >= 11 is 0. The molecule has 0 radical (unpaired) electrons. The first-order valence-electron chi connectivity index (χ1n) is 3.01. The van der Waals surface area contributed by atoms with Crippen molar-refractivity contribution in [1.29, 1.82) is 0 Å². The van der Waals surface area contributed by atoms with Gasteiger partial charge < -0.3 is 0 Å². The summed E-state index contributed by atoms with van der Waals surface area (Å²) < 4.78 is 0. The van der Waals surface area contributed by atoms with Crippen molar-refractivity contribution >= 4 is 0 Å². The lowest BCUT2D eigenvalue weighted by Crippen LogP contribution is -2.31. The van der Waals surface area contributed by atoms with Crippen LogP contribution in [0.2, 0.25) is 0 Å². The van der Waals surface area contributed by atoms with Crippen LogP contribution in [0, 0.1) is 10.3 Å². The van der Waals surface area contributed by atoms with Crippen molar-refractivity contribution in [3.8, 4) is 0 Å². The Hall–Kier alpha value is -0.600. The van der Waals surface area contributed by atoms with Crippen LogP contribution in [0.15, 0.2) is 0 Å². The molecular weight excluding hydrogens is 118 g/mol. The largest absolute Gasteiger partial charge is 0.259 e. The van der Waals surface area contributed by atoms with E-state index < -0.39 is 0 Å². The predicted molar refractivity (Wildman–Crippen MR) is 34.3 cm³/mol. The van der Waals surface area contributed by atoms with Crippen molar-refractivity contribution in [3.63, 3.8) is 0 Å². The average Bonchev–Trinajstić information content (AvgIpc) is 1.62. The van der Waals surface area contributed by atoms with Crippen LogP contribution in [0.3, 0.4) is 0 Å². The quantitative estimate of drug-likeness (QED) is 0.550. The molecule has 0 amide bonds. The standard InChI is InChI=1S/C6H14NO2/c1-5(7(8)9)6(2,3)4/h5H,1-4H3,(H,8,9)/q+1. The summed E-state index contributed by atoms with van der Waals surface area (Å²) in [6, 6.07) is -0.350. The van der Waals surface area contributed by atoms with E-state index in [2.05, 4.69) is 0 Å². The van der Waals surface area contributed by atoms with E-state index in [0.717, 1.165) is 0 Å². The van der Waals surface area contributed by atoms with Crippen molar-refractivity contribution in [2.75, 3.05) is 0 Å². The van der Waals surface area contributed by atoms with Gasteiger partial charge in [0, 0.05) is 12.3 Å². The summed E-state index contributed by atoms with van der Waals surface area (Å²) in [5, 5.41) is 8.43. The number of hydrogen-bond acceptors (Lipinski definition) is 1. The van der Waals surface area contributed by atoms with Gasteiger partial charge in [-0.05, 0) is 0 Å². The summed E-state index contributed by atoms with van der Waals surface area (Å²) in [5.41, 5.74) is -0.156. The number of hydrogen-bond donors (Lipinski definition) is 1. The minimum atomic E-state index is -0.350. The lowest BCUT2D eigenvalue weighted by Gasteiger charge is -2.15. The van der Waals surface area contributed by atoms with Crippen molar-refractivity contribution in [1.82, 2.24) is 0 Å². The fraction of sp³-hybridized carbons (Fsp3) is 1.00. The second-order valence-corrected chi connectivity index (χ2v) is 3.34. The highest BCUT2D eigenvalue weighted by Gasteiger charge is 2.33. The zero-order valence-corrected chi connectivity index (χ0v) is 6.38. The lowest BCUT2D eigenvalue weighted by atomic mass is 9.89. The van der Waals surface area contributed by atoms with E-state index in [4.69, 9.17) is 5.21 Å². The number of rotatable bonds is 1. The smallest absolute Gasteiger partial charge is 0.246 e. The molecule has 0 saturated carbocycles. The Balaban J connectivity index is 4.04. The first kappa shape index (κ1) is 8.40. The minimum Gasteiger partial charge on any atom is -0.246 e. The summed E-state index contributed by atoms with van der Waals surface area (Å²) in [5.74, 6) is 0. The summed E-state index contributed by atoms with van der Waals surface area (Å²) in [6.07, 6.45) is 0. The molecule has 0 saturated heterocycles. The van der Waals surface area contributed by atoms with Crippen LogP contribution in [0.1, 0.15) is 27.7 Å². The molecule has 0 rings (SSSR count). The van der Waals surface area contributed by atoms with Crippen LogP contribution in [0.25, 0.3) is 0 Å². The van der Waals surface area contributed by atoms with Crippen molar-refractivity contribution in [2.24, 2.45) is 5.41 Å². The fourth-order valence-electron chi connectivity index (χ4n) is 0.331. The second kappa shape index (κ2) is 2.33. The summed E-state index contributed by atoms with van der Waals surface area (Å²) in [7, 11) is 0. The lowest BCUT2D eigenvalue weighted by molar-refractivity contribution is -0.820. The molecule has 1 N–H and O–H groups in total. The van der Waals surface area contributed by atoms with Gasteiger partial charge in [-0.3, -0.25) is 0 Å². The zero-order chi connectivity index (χ0) is 7.65. The van der Waals surface area contributed by atoms with E-state index in [1.54, 1.807) is 6.92 Å². The molecule has 0 heterocycles. The van der Waals surface area contributed by atoms with E-state index in [0.29, 0.717) is 0 Å². The van der Waals surface area contributed by atoms with Crippen molar-refractivity contribution < 1.29 is 10.1 Å². The Bertz CT molecular complexity index is 115. The highest BCUT2D eigenvalue weighted by atomic mass is 16.6. The third-order valence-corrected chi connectivity index (χ3v) is 1.58. The third-order valence-electron chi connectivity index (χ3n) is 1.58. The topological polar surface area (TPSA) is 40.3 Å². The molecular formula is C6H14NO2+. The molecule has 0 spiro atoms. The van der Waals surface area contributed by atoms with Gasteiger partial charge in [0.1, 0.15) is 0 Å². The molecule has 9 heavy (non-hydrogen) atoms. The average molecular weight is 132 g/mol. The summed E-state index contributed by atoms with van der Waals surface area (Å²) in [6.45, 7) is 7.39. The van der Waals surface area contributed by atoms with Gasteiger partial charge in [-0.2, -0.15) is 0 Å². The SMILES string of the molecule is CC([N+](=O)O)C(C)(C)C. The first-order chi connectivity index (χ1) is 3.85. The first-order valence-corrected chi connectivity index (χ1v) is 3.01. The molecule has 0 fully saturated rings. The van der Waals surface area contributed by atoms with E-state index in [1.165, 1.54) is 0 Å². The van der Waals surface area contributed by atoms with E-state index in [9.17, 15) is 4.91 Å². The Kier molecular flexibility index (Phi) is 2.18. The molecule has 1 unspecified atom stereocenters. The molecule has 3 heteroatoms. The maximum absolute atomic E-state index is 10.3. The molecule has 0 aliphatic carbocycles. The van der Waals surface area contributed by atoms with Crippen LogP contribution in [-0.2, 0) is 0 Å². The zero-order valence-electron chi connectivity index (χ0n) is 6.38. The molecule has 0 aromatic heterocycles. The van der Waals surface area contributed by atoms with Gasteiger partial charge >= 0.3 is 0 Å². The number of nitrogens with zero attached hydrogens (tertiary/aromatic N) is 1. The Morgan fingerprint density at radius 1 is 1.44 bits per heavy atom. The van der Waals surface area contributed by atoms with E-state index >= 15 is 0 Å². The molecule has 54 valence electrons. The van der Waals surface area contributed by atoms with Crippen LogP contribution < -0.4 is 0 Å². The molecule has 3 nitrogen and oxygen atoms in total. The van der Waals surface area contributed by atoms with Gasteiger partial charge in [0.2, 0.25) is 4.92 Å². The van der Waals surface area contributed by atoms with Crippen LogP contribution in [-0.4, -0.2) is 16.2 Å². The highest BCUT2D eigenvalue weighted by molar-refractivity contribution is 4.66. The molecule has 0 aliphatic heterocycles. The maximum Gasteiger partial charge on any atom is 0.259 e. The predicted octanol–water partition coefficient (Wildman–Crippen LogP) is 1.59. The molecule has 0 aliphatic rings. The minimum absolute atomic E-state index is 0.000000000000000222. The highest BCUT2D eigenvalue weighted by Crippen LogP contribution is 2.19. The second-order valence-electron chi connectivity index (χ2n) is 3.34. The van der Waals surface area contributed by atoms with Crippen molar-refractivity contribution in [3.05, 3.63) is 4.91 Å².